The van der Waals surface area contributed by atoms with Crippen LogP contribution in [-0.2, 0) is 9.59 Å². The summed E-state index contributed by atoms with van der Waals surface area (Å²) in [5.74, 6) is -0.540. The van der Waals surface area contributed by atoms with E-state index in [1.165, 1.54) is 38.5 Å². The normalized spacial score (nSPS) is 14.8. The van der Waals surface area contributed by atoms with Crippen LogP contribution in [0.4, 0.5) is 0 Å². The number of rotatable bonds is 14. The van der Waals surface area contributed by atoms with Crippen LogP contribution in [-0.4, -0.2) is 79.1 Å². The molecule has 1 unspecified atom stereocenters. The lowest BCUT2D eigenvalue weighted by molar-refractivity contribution is -0.864. The van der Waals surface area contributed by atoms with Gasteiger partial charge in [0, 0.05) is 19.0 Å². The maximum absolute atomic E-state index is 11.0. The van der Waals surface area contributed by atoms with E-state index in [0.29, 0.717) is 4.48 Å². The van der Waals surface area contributed by atoms with Gasteiger partial charge < -0.3 is 24.4 Å². The third kappa shape index (κ3) is 14.9. The van der Waals surface area contributed by atoms with Crippen LogP contribution >= 0.6 is 0 Å². The molecule has 0 aliphatic carbocycles. The molecule has 0 saturated carbocycles. The molecule has 0 aromatic rings. The number of carboxylic acids is 2. The summed E-state index contributed by atoms with van der Waals surface area (Å²) in [7, 11) is 5.40. The van der Waals surface area contributed by atoms with Crippen LogP contribution in [0.5, 0.6) is 0 Å². The van der Waals surface area contributed by atoms with Crippen LogP contribution in [0.1, 0.15) is 78.1 Å². The molecule has 1 rings (SSSR count). The Morgan fingerprint density at radius 3 is 2.21 bits per heavy atom. The summed E-state index contributed by atoms with van der Waals surface area (Å²) in [6.45, 7) is 6.17. The highest BCUT2D eigenvalue weighted by molar-refractivity contribution is 5.84. The summed E-state index contributed by atoms with van der Waals surface area (Å²) in [5.41, 5.74) is 0. The molecule has 29 heavy (non-hydrogen) atoms. The molecule has 7 heteroatoms. The van der Waals surface area contributed by atoms with E-state index in [2.05, 4.69) is 23.7 Å². The lowest BCUT2D eigenvalue weighted by atomic mass is 10.0. The Balaban J connectivity index is 0.000000828. The number of carbonyl (C=O) groups excluding carboxylic acids is 1. The van der Waals surface area contributed by atoms with Crippen molar-refractivity contribution >= 4 is 17.8 Å². The van der Waals surface area contributed by atoms with Gasteiger partial charge in [-0.05, 0) is 12.8 Å². The Labute approximate surface area is 177 Å². The summed E-state index contributed by atoms with van der Waals surface area (Å²) in [6, 6.07) is 0.133. The summed E-state index contributed by atoms with van der Waals surface area (Å²) >= 11 is 0. The predicted molar refractivity (Wildman–Crippen MR) is 116 cm³/mol. The quantitative estimate of drug-likeness (QED) is 0.349. The Hall–Kier alpha value is -1.63. The first-order chi connectivity index (χ1) is 13.6. The second-order valence-electron chi connectivity index (χ2n) is 8.87. The van der Waals surface area contributed by atoms with Crippen LogP contribution in [0.3, 0.4) is 0 Å². The fraction of sp³-hybridized carbons (Fsp3) is 0.864. The van der Waals surface area contributed by atoms with E-state index in [1.54, 1.807) is 21.1 Å². The number of hydrogen-bond acceptors (Lipinski definition) is 5. The standard InChI is InChI=1S/C17H32N2O2.C5H11NO2/c1-3-5-6-7-8-9-11-16-18-12-13-19(16)15(10-4-2)14-17(20)21;1-6(2,3)4-5(7)8/h15H,3-14H2,1-2H3,(H,20,21);4H2,1-3H3. The maximum Gasteiger partial charge on any atom is 0.305 e. The number of carboxylic acid groups (broad SMARTS) is 2. The van der Waals surface area contributed by atoms with Gasteiger partial charge in [0.2, 0.25) is 0 Å². The van der Waals surface area contributed by atoms with Gasteiger partial charge in [-0.2, -0.15) is 0 Å². The van der Waals surface area contributed by atoms with Gasteiger partial charge in [-0.1, -0.05) is 52.4 Å². The molecule has 1 N–H and O–H groups in total. The van der Waals surface area contributed by atoms with Gasteiger partial charge in [-0.3, -0.25) is 9.79 Å². The molecule has 0 saturated heterocycles. The number of amidine groups is 1. The Bertz CT molecular complexity index is 501. The molecule has 1 heterocycles. The zero-order chi connectivity index (χ0) is 22.3. The molecule has 0 fully saturated rings. The lowest BCUT2D eigenvalue weighted by Crippen LogP contribution is -2.45. The van der Waals surface area contributed by atoms with E-state index in [0.717, 1.165) is 38.2 Å². The van der Waals surface area contributed by atoms with Crippen molar-refractivity contribution < 1.29 is 24.3 Å². The summed E-state index contributed by atoms with van der Waals surface area (Å²) in [6.07, 6.45) is 11.0. The fourth-order valence-corrected chi connectivity index (χ4v) is 3.48. The molecular weight excluding hydrogens is 370 g/mol. The van der Waals surface area contributed by atoms with Crippen molar-refractivity contribution in [2.24, 2.45) is 4.99 Å². The molecule has 0 amide bonds. The smallest absolute Gasteiger partial charge is 0.305 e. The van der Waals surface area contributed by atoms with Crippen molar-refractivity contribution in [3.8, 4) is 0 Å². The molecule has 7 nitrogen and oxygen atoms in total. The van der Waals surface area contributed by atoms with Crippen molar-refractivity contribution in [1.82, 2.24) is 4.90 Å². The van der Waals surface area contributed by atoms with Crippen LogP contribution in [0.15, 0.2) is 4.99 Å². The first kappa shape index (κ1) is 27.4. The van der Waals surface area contributed by atoms with Crippen molar-refractivity contribution in [1.29, 1.82) is 0 Å². The fourth-order valence-electron chi connectivity index (χ4n) is 3.48. The minimum absolute atomic E-state index is 0.0694. The minimum Gasteiger partial charge on any atom is -0.544 e. The largest absolute Gasteiger partial charge is 0.544 e. The molecule has 0 aromatic carbocycles. The van der Waals surface area contributed by atoms with Gasteiger partial charge >= 0.3 is 5.97 Å². The number of hydrogen-bond donors (Lipinski definition) is 1. The first-order valence-electron chi connectivity index (χ1n) is 11.1. The Morgan fingerprint density at radius 2 is 1.72 bits per heavy atom. The summed E-state index contributed by atoms with van der Waals surface area (Å²) in [4.78, 5) is 27.8. The lowest BCUT2D eigenvalue weighted by Gasteiger charge is -2.29. The number of carbonyl (C=O) groups is 2. The molecule has 1 aliphatic heterocycles. The average Bonchev–Trinajstić information content (AvgIpc) is 3.04. The van der Waals surface area contributed by atoms with Crippen LogP contribution in [0.2, 0.25) is 0 Å². The third-order valence-electron chi connectivity index (χ3n) is 4.80. The van der Waals surface area contributed by atoms with E-state index in [9.17, 15) is 14.7 Å². The molecule has 0 aromatic heterocycles. The molecule has 1 atom stereocenters. The second kappa shape index (κ2) is 15.2. The highest BCUT2D eigenvalue weighted by atomic mass is 16.4. The minimum atomic E-state index is -1.00. The monoisotopic (exact) mass is 413 g/mol. The van der Waals surface area contributed by atoms with Crippen molar-refractivity contribution in [2.45, 2.75) is 84.1 Å². The number of likely N-dealkylation sites (N-methyl/N-ethyl adjacent to an activating group) is 1. The zero-order valence-corrected chi connectivity index (χ0v) is 19.3. The maximum atomic E-state index is 11.0. The molecule has 0 radical (unpaired) electrons. The predicted octanol–water partition coefficient (Wildman–Crippen LogP) is 2.54. The molecule has 0 bridgehead atoms. The molecular formula is C22H43N3O4. The van der Waals surface area contributed by atoms with Gasteiger partial charge in [0.15, 0.2) is 0 Å². The molecule has 170 valence electrons. The SMILES string of the molecule is CCCCCCCCC1=NCCN1C(CCC)CC(=O)O.C[N+](C)(C)CC(=O)[O-]. The Morgan fingerprint density at radius 1 is 1.10 bits per heavy atom. The average molecular weight is 414 g/mol. The van der Waals surface area contributed by atoms with Crippen LogP contribution in [0, 0.1) is 0 Å². The van der Waals surface area contributed by atoms with E-state index in [1.807, 2.05) is 0 Å². The molecule has 1 aliphatic rings. The third-order valence-corrected chi connectivity index (χ3v) is 4.80. The number of aliphatic carboxylic acids is 2. The number of nitrogens with zero attached hydrogens (tertiary/aromatic N) is 3. The van der Waals surface area contributed by atoms with Crippen molar-refractivity contribution in [2.75, 3.05) is 40.8 Å². The van der Waals surface area contributed by atoms with Gasteiger partial charge in [-0.15, -0.1) is 0 Å². The van der Waals surface area contributed by atoms with Crippen LogP contribution < -0.4 is 5.11 Å². The van der Waals surface area contributed by atoms with Gasteiger partial charge in [0.25, 0.3) is 0 Å². The van der Waals surface area contributed by atoms with Crippen molar-refractivity contribution in [3.05, 3.63) is 0 Å². The highest BCUT2D eigenvalue weighted by Crippen LogP contribution is 2.19. The van der Waals surface area contributed by atoms with Gasteiger partial charge in [0.05, 0.1) is 45.9 Å². The van der Waals surface area contributed by atoms with E-state index in [-0.39, 0.29) is 19.0 Å². The van der Waals surface area contributed by atoms with Gasteiger partial charge in [0.1, 0.15) is 6.54 Å². The van der Waals surface area contributed by atoms with E-state index < -0.39 is 11.9 Å². The summed E-state index contributed by atoms with van der Waals surface area (Å²) in [5, 5.41) is 19.0. The van der Waals surface area contributed by atoms with E-state index in [4.69, 9.17) is 5.11 Å². The molecule has 0 spiro atoms. The number of unbranched alkanes of at least 4 members (excludes halogenated alkanes) is 5. The topological polar surface area (TPSA) is 93.0 Å². The van der Waals surface area contributed by atoms with E-state index >= 15 is 0 Å². The number of aliphatic imine (C=N–C) groups is 1. The Kier molecular flexibility index (Phi) is 14.4. The summed E-state index contributed by atoms with van der Waals surface area (Å²) < 4.78 is 0.419. The van der Waals surface area contributed by atoms with Gasteiger partial charge in [-0.25, -0.2) is 0 Å². The van der Waals surface area contributed by atoms with Crippen molar-refractivity contribution in [3.63, 3.8) is 0 Å². The first-order valence-corrected chi connectivity index (χ1v) is 11.1. The highest BCUT2D eigenvalue weighted by Gasteiger charge is 2.26. The number of quaternary nitrogens is 1. The van der Waals surface area contributed by atoms with Crippen LogP contribution in [0.25, 0.3) is 0 Å². The second-order valence-corrected chi connectivity index (χ2v) is 8.87. The zero-order valence-electron chi connectivity index (χ0n) is 19.3.